The monoisotopic (exact) mass is 156 g/mol. The molecule has 0 radical (unpaired) electrons. The number of rotatable bonds is 0. The number of carbonyl (C=O) groups is 1. The summed E-state index contributed by atoms with van der Waals surface area (Å²) in [4.78, 5) is 8.77. The molecule has 2 nitrogen and oxygen atoms in total. The second-order valence-electron chi connectivity index (χ2n) is 1.35. The van der Waals surface area contributed by atoms with Crippen LogP contribution >= 0.6 is 24.2 Å². The molecule has 0 aliphatic carbocycles. The average molecular weight is 157 g/mol. The molecule has 0 saturated heterocycles. The second kappa shape index (κ2) is 7.11. The highest BCUT2D eigenvalue weighted by atomic mass is 35.5. The molecular weight excluding hydrogens is 148 g/mol. The highest BCUT2D eigenvalue weighted by molar-refractivity contribution is 7.80. The molecule has 0 aromatic carbocycles. The minimum atomic E-state index is -1.36. The van der Waals surface area contributed by atoms with Crippen LogP contribution in [0.3, 0.4) is 0 Å². The number of halogens is 1. The maximum absolute atomic E-state index is 8.77. The van der Waals surface area contributed by atoms with Gasteiger partial charge in [0.25, 0.3) is 0 Å². The molecule has 0 spiro atoms. The van der Waals surface area contributed by atoms with E-state index in [4.69, 9.17) is 9.90 Å². The highest BCUT2D eigenvalue weighted by Gasteiger charge is 1.71. The fourth-order valence-corrected chi connectivity index (χ4v) is 0. The molecule has 0 aliphatic rings. The van der Waals surface area contributed by atoms with Gasteiger partial charge in [-0.3, -0.25) is 0 Å². The Bertz CT molecular complexity index is 58.3. The van der Waals surface area contributed by atoms with Crippen LogP contribution in [0.15, 0.2) is 0 Å². The van der Waals surface area contributed by atoms with E-state index in [1.54, 1.807) is 0 Å². The Morgan fingerprint density at radius 1 is 1.75 bits per heavy atom. The van der Waals surface area contributed by atoms with E-state index in [0.29, 0.717) is 5.25 Å². The van der Waals surface area contributed by atoms with Crippen LogP contribution in [0.1, 0.15) is 13.8 Å². The van der Waals surface area contributed by atoms with Crippen LogP contribution in [-0.2, 0) is 0 Å². The second-order valence-corrected chi connectivity index (χ2v) is 2.70. The van der Waals surface area contributed by atoms with E-state index in [-0.39, 0.29) is 0 Å². The largest absolute Gasteiger partial charge is 0.469 e. The standard InChI is InChI=1S/C3H8S.CHClO2/c1-3(2)4;2-1(3)4/h3-4H,1-2H3;(H,3,4). The summed E-state index contributed by atoms with van der Waals surface area (Å²) >= 11 is 8.16. The molecule has 0 heterocycles. The van der Waals surface area contributed by atoms with Crippen molar-refractivity contribution in [3.63, 3.8) is 0 Å². The first-order valence-electron chi connectivity index (χ1n) is 2.03. The van der Waals surface area contributed by atoms with E-state index in [0.717, 1.165) is 0 Å². The fraction of sp³-hybridized carbons (Fsp3) is 0.750. The molecule has 0 aromatic rings. The van der Waals surface area contributed by atoms with E-state index in [1.165, 1.54) is 0 Å². The van der Waals surface area contributed by atoms with Crippen molar-refractivity contribution in [3.05, 3.63) is 0 Å². The van der Waals surface area contributed by atoms with Gasteiger partial charge in [-0.1, -0.05) is 13.8 Å². The van der Waals surface area contributed by atoms with Crippen molar-refractivity contribution in [1.82, 2.24) is 0 Å². The Kier molecular flexibility index (Phi) is 9.76. The summed E-state index contributed by atoms with van der Waals surface area (Å²) in [5.41, 5.74) is -1.36. The lowest BCUT2D eigenvalue weighted by Crippen LogP contribution is -1.71. The van der Waals surface area contributed by atoms with E-state index in [9.17, 15) is 0 Å². The van der Waals surface area contributed by atoms with Crippen molar-refractivity contribution in [2.45, 2.75) is 19.1 Å². The smallest absolute Gasteiger partial charge is 0.401 e. The molecule has 0 aliphatic heterocycles. The third-order valence-corrected chi connectivity index (χ3v) is 0. The molecule has 8 heavy (non-hydrogen) atoms. The van der Waals surface area contributed by atoms with Crippen molar-refractivity contribution in [1.29, 1.82) is 0 Å². The van der Waals surface area contributed by atoms with E-state index in [2.05, 4.69) is 24.2 Å². The molecule has 0 bridgehead atoms. The summed E-state index contributed by atoms with van der Waals surface area (Å²) in [5.74, 6) is 0. The lowest BCUT2D eigenvalue weighted by Gasteiger charge is -1.78. The Balaban J connectivity index is 0. The number of carboxylic acid groups (broad SMARTS) is 1. The minimum absolute atomic E-state index is 0.528. The Morgan fingerprint density at radius 2 is 1.75 bits per heavy atom. The average Bonchev–Trinajstić information content (AvgIpc) is 1.25. The lowest BCUT2D eigenvalue weighted by molar-refractivity contribution is 0.220. The first-order chi connectivity index (χ1) is 3.46. The molecule has 0 unspecified atom stereocenters. The number of hydrogen-bond acceptors (Lipinski definition) is 2. The van der Waals surface area contributed by atoms with Gasteiger partial charge in [-0.25, -0.2) is 4.79 Å². The molecule has 0 amide bonds. The third-order valence-electron chi connectivity index (χ3n) is 0. The molecule has 0 atom stereocenters. The zero-order chi connectivity index (χ0) is 7.15. The van der Waals surface area contributed by atoms with Crippen LogP contribution in [0.5, 0.6) is 0 Å². The van der Waals surface area contributed by atoms with Crippen LogP contribution in [0.2, 0.25) is 0 Å². The van der Waals surface area contributed by atoms with Crippen LogP contribution < -0.4 is 0 Å². The SMILES string of the molecule is CC(C)S.O=C(O)Cl. The van der Waals surface area contributed by atoms with Crippen molar-refractivity contribution in [2.24, 2.45) is 0 Å². The van der Waals surface area contributed by atoms with Gasteiger partial charge < -0.3 is 5.11 Å². The normalized spacial score (nSPS) is 7.62. The zero-order valence-corrected chi connectivity index (χ0v) is 6.41. The summed E-state index contributed by atoms with van der Waals surface area (Å²) in [6.45, 7) is 4.06. The van der Waals surface area contributed by atoms with E-state index < -0.39 is 5.43 Å². The van der Waals surface area contributed by atoms with Gasteiger partial charge in [-0.05, 0) is 5.25 Å². The molecular formula is C4H9ClO2S. The highest BCUT2D eigenvalue weighted by Crippen LogP contribution is 1.83. The quantitative estimate of drug-likeness (QED) is 0.417. The van der Waals surface area contributed by atoms with Crippen LogP contribution in [0.25, 0.3) is 0 Å². The maximum atomic E-state index is 8.77. The topological polar surface area (TPSA) is 37.3 Å². The van der Waals surface area contributed by atoms with Gasteiger partial charge >= 0.3 is 5.43 Å². The summed E-state index contributed by atoms with van der Waals surface area (Å²) in [7, 11) is 0. The van der Waals surface area contributed by atoms with Crippen molar-refractivity contribution in [2.75, 3.05) is 0 Å². The van der Waals surface area contributed by atoms with Crippen molar-refractivity contribution < 1.29 is 9.90 Å². The van der Waals surface area contributed by atoms with Crippen LogP contribution in [0, 0.1) is 0 Å². The zero-order valence-electron chi connectivity index (χ0n) is 4.76. The van der Waals surface area contributed by atoms with Crippen LogP contribution in [0.4, 0.5) is 4.79 Å². The Hall–Kier alpha value is 0.110. The molecule has 0 saturated carbocycles. The van der Waals surface area contributed by atoms with E-state index in [1.807, 2.05) is 13.8 Å². The van der Waals surface area contributed by atoms with Gasteiger partial charge in [0.2, 0.25) is 0 Å². The molecule has 1 N–H and O–H groups in total. The maximum Gasteiger partial charge on any atom is 0.401 e. The van der Waals surface area contributed by atoms with Gasteiger partial charge in [0.1, 0.15) is 0 Å². The molecule has 0 aromatic heterocycles. The molecule has 4 heteroatoms. The van der Waals surface area contributed by atoms with Gasteiger partial charge in [-0.15, -0.1) is 0 Å². The molecule has 0 fully saturated rings. The summed E-state index contributed by atoms with van der Waals surface area (Å²) < 4.78 is 0. The fourth-order valence-electron chi connectivity index (χ4n) is 0. The number of thiol groups is 1. The van der Waals surface area contributed by atoms with Crippen LogP contribution in [-0.4, -0.2) is 15.8 Å². The predicted octanol–water partition coefficient (Wildman–Crippen LogP) is 2.23. The Labute approximate surface area is 59.3 Å². The number of hydrogen-bond donors (Lipinski definition) is 2. The molecule has 50 valence electrons. The van der Waals surface area contributed by atoms with Gasteiger partial charge in [0, 0.05) is 11.6 Å². The Morgan fingerprint density at radius 3 is 1.75 bits per heavy atom. The van der Waals surface area contributed by atoms with Gasteiger partial charge in [0.05, 0.1) is 0 Å². The van der Waals surface area contributed by atoms with Gasteiger partial charge in [-0.2, -0.15) is 12.6 Å². The van der Waals surface area contributed by atoms with Crippen molar-refractivity contribution in [3.8, 4) is 0 Å². The van der Waals surface area contributed by atoms with Crippen molar-refractivity contribution >= 4 is 29.7 Å². The summed E-state index contributed by atoms with van der Waals surface area (Å²) in [6.07, 6.45) is 0. The summed E-state index contributed by atoms with van der Waals surface area (Å²) in [5, 5.41) is 7.71. The first-order valence-corrected chi connectivity index (χ1v) is 2.92. The van der Waals surface area contributed by atoms with E-state index >= 15 is 0 Å². The third kappa shape index (κ3) is 13200. The summed E-state index contributed by atoms with van der Waals surface area (Å²) in [6, 6.07) is 0. The molecule has 0 rings (SSSR count). The minimum Gasteiger partial charge on any atom is -0.469 e. The lowest BCUT2D eigenvalue weighted by atomic mass is 10.6. The van der Waals surface area contributed by atoms with Gasteiger partial charge in [0.15, 0.2) is 0 Å². The predicted molar refractivity (Wildman–Crippen MR) is 38.0 cm³/mol. The first kappa shape index (κ1) is 11.0.